The Morgan fingerprint density at radius 3 is 2.53 bits per heavy atom. The standard InChI is InChI=1S/C16H14N2O/c1-11-10-16(17-12-6-8-13(19)9-7-12)18-15-5-3-2-4-14(11)15/h2-10,19H,1H3,(H,17,18). The zero-order valence-electron chi connectivity index (χ0n) is 10.6. The Kier molecular flexibility index (Phi) is 2.80. The number of benzene rings is 2. The summed E-state index contributed by atoms with van der Waals surface area (Å²) < 4.78 is 0. The van der Waals surface area contributed by atoms with Crippen molar-refractivity contribution in [3.05, 3.63) is 60.2 Å². The van der Waals surface area contributed by atoms with Crippen LogP contribution in [-0.2, 0) is 0 Å². The minimum Gasteiger partial charge on any atom is -0.508 e. The van der Waals surface area contributed by atoms with E-state index in [9.17, 15) is 5.11 Å². The number of nitrogens with zero attached hydrogens (tertiary/aromatic N) is 1. The third kappa shape index (κ3) is 2.36. The van der Waals surface area contributed by atoms with Crippen LogP contribution in [0.4, 0.5) is 11.5 Å². The molecule has 3 nitrogen and oxygen atoms in total. The fraction of sp³-hybridized carbons (Fsp3) is 0.0625. The molecule has 0 aliphatic heterocycles. The molecule has 0 spiro atoms. The summed E-state index contributed by atoms with van der Waals surface area (Å²) in [5.74, 6) is 1.06. The van der Waals surface area contributed by atoms with Gasteiger partial charge in [-0.25, -0.2) is 4.98 Å². The van der Waals surface area contributed by atoms with E-state index in [1.165, 1.54) is 10.9 Å². The van der Waals surface area contributed by atoms with Crippen LogP contribution in [0.2, 0.25) is 0 Å². The van der Waals surface area contributed by atoms with E-state index in [0.29, 0.717) is 0 Å². The maximum atomic E-state index is 9.26. The first-order valence-corrected chi connectivity index (χ1v) is 6.15. The summed E-state index contributed by atoms with van der Waals surface area (Å²) in [6.45, 7) is 2.08. The van der Waals surface area contributed by atoms with E-state index < -0.39 is 0 Å². The Morgan fingerprint density at radius 1 is 1.00 bits per heavy atom. The second-order valence-electron chi connectivity index (χ2n) is 4.51. The van der Waals surface area contributed by atoms with Gasteiger partial charge in [-0.3, -0.25) is 0 Å². The predicted molar refractivity (Wildman–Crippen MR) is 77.9 cm³/mol. The van der Waals surface area contributed by atoms with Crippen LogP contribution < -0.4 is 5.32 Å². The molecule has 3 rings (SSSR count). The SMILES string of the molecule is Cc1cc(Nc2ccc(O)cc2)nc2ccccc12. The number of aryl methyl sites for hydroxylation is 1. The zero-order valence-corrected chi connectivity index (χ0v) is 10.6. The summed E-state index contributed by atoms with van der Waals surface area (Å²) in [6.07, 6.45) is 0. The van der Waals surface area contributed by atoms with Crippen molar-refractivity contribution in [2.24, 2.45) is 0 Å². The largest absolute Gasteiger partial charge is 0.508 e. The lowest BCUT2D eigenvalue weighted by Crippen LogP contribution is -1.95. The number of para-hydroxylation sites is 1. The number of phenolic OH excluding ortho intramolecular Hbond substituents is 1. The van der Waals surface area contributed by atoms with Gasteiger partial charge < -0.3 is 10.4 Å². The fourth-order valence-corrected chi connectivity index (χ4v) is 2.11. The van der Waals surface area contributed by atoms with Crippen LogP contribution in [0.15, 0.2) is 54.6 Å². The lowest BCUT2D eigenvalue weighted by molar-refractivity contribution is 0.475. The molecule has 0 fully saturated rings. The minimum atomic E-state index is 0.258. The summed E-state index contributed by atoms with van der Waals surface area (Å²) in [7, 11) is 0. The Labute approximate surface area is 111 Å². The van der Waals surface area contributed by atoms with Crippen LogP contribution in [0, 0.1) is 6.92 Å². The third-order valence-electron chi connectivity index (χ3n) is 3.06. The van der Waals surface area contributed by atoms with Crippen molar-refractivity contribution in [3.63, 3.8) is 0 Å². The summed E-state index contributed by atoms with van der Waals surface area (Å²) in [6, 6.07) is 17.0. The number of aromatic nitrogens is 1. The number of fused-ring (bicyclic) bond motifs is 1. The molecule has 0 atom stereocenters. The van der Waals surface area contributed by atoms with Gasteiger partial charge in [-0.15, -0.1) is 0 Å². The number of pyridine rings is 1. The van der Waals surface area contributed by atoms with E-state index in [1.54, 1.807) is 12.1 Å². The lowest BCUT2D eigenvalue weighted by atomic mass is 10.1. The molecule has 3 heteroatoms. The second kappa shape index (κ2) is 4.61. The second-order valence-corrected chi connectivity index (χ2v) is 4.51. The molecule has 0 radical (unpaired) electrons. The summed E-state index contributed by atoms with van der Waals surface area (Å²) in [5.41, 5.74) is 3.07. The van der Waals surface area contributed by atoms with Crippen LogP contribution in [0.5, 0.6) is 5.75 Å². The summed E-state index contributed by atoms with van der Waals surface area (Å²) in [4.78, 5) is 4.58. The van der Waals surface area contributed by atoms with Crippen molar-refractivity contribution in [2.75, 3.05) is 5.32 Å². The number of hydrogen-bond acceptors (Lipinski definition) is 3. The van der Waals surface area contributed by atoms with Gasteiger partial charge >= 0.3 is 0 Å². The van der Waals surface area contributed by atoms with E-state index in [0.717, 1.165) is 17.0 Å². The quantitative estimate of drug-likeness (QED) is 0.676. The zero-order chi connectivity index (χ0) is 13.2. The first-order chi connectivity index (χ1) is 9.22. The third-order valence-corrected chi connectivity index (χ3v) is 3.06. The molecule has 0 aliphatic rings. The van der Waals surface area contributed by atoms with Gasteiger partial charge in [0.15, 0.2) is 0 Å². The maximum absolute atomic E-state index is 9.26. The van der Waals surface area contributed by atoms with E-state index in [2.05, 4.69) is 23.3 Å². The Hall–Kier alpha value is -2.55. The van der Waals surface area contributed by atoms with Crippen LogP contribution in [0.1, 0.15) is 5.56 Å². The molecule has 2 N–H and O–H groups in total. The molecule has 19 heavy (non-hydrogen) atoms. The molecule has 1 heterocycles. The summed E-state index contributed by atoms with van der Waals surface area (Å²) in [5, 5.41) is 13.7. The average Bonchev–Trinajstić information content (AvgIpc) is 2.42. The highest BCUT2D eigenvalue weighted by atomic mass is 16.3. The van der Waals surface area contributed by atoms with Crippen molar-refractivity contribution in [1.82, 2.24) is 4.98 Å². The van der Waals surface area contributed by atoms with Crippen molar-refractivity contribution in [1.29, 1.82) is 0 Å². The molecular weight excluding hydrogens is 236 g/mol. The Bertz CT molecular complexity index is 720. The van der Waals surface area contributed by atoms with Gasteiger partial charge in [0.05, 0.1) is 5.52 Å². The Balaban J connectivity index is 1.99. The first kappa shape index (κ1) is 11.5. The highest BCUT2D eigenvalue weighted by molar-refractivity contribution is 5.84. The molecule has 0 saturated heterocycles. The van der Waals surface area contributed by atoms with Gasteiger partial charge in [0.25, 0.3) is 0 Å². The van der Waals surface area contributed by atoms with E-state index in [-0.39, 0.29) is 5.75 Å². The normalized spacial score (nSPS) is 10.6. The number of hydrogen-bond donors (Lipinski definition) is 2. The molecule has 2 aromatic carbocycles. The highest BCUT2D eigenvalue weighted by Crippen LogP contribution is 2.23. The van der Waals surface area contributed by atoms with E-state index in [1.807, 2.05) is 36.4 Å². The molecule has 0 unspecified atom stereocenters. The molecular formula is C16H14N2O. The van der Waals surface area contributed by atoms with Crippen LogP contribution in [-0.4, -0.2) is 10.1 Å². The molecule has 0 amide bonds. The molecule has 0 bridgehead atoms. The number of nitrogens with one attached hydrogen (secondary N) is 1. The maximum Gasteiger partial charge on any atom is 0.131 e. The van der Waals surface area contributed by atoms with Gasteiger partial charge in [0, 0.05) is 11.1 Å². The van der Waals surface area contributed by atoms with Crippen molar-refractivity contribution in [3.8, 4) is 5.75 Å². The van der Waals surface area contributed by atoms with Crippen LogP contribution in [0.25, 0.3) is 10.9 Å². The molecule has 0 aliphatic carbocycles. The molecule has 0 saturated carbocycles. The summed E-state index contributed by atoms with van der Waals surface area (Å²) >= 11 is 0. The fourth-order valence-electron chi connectivity index (χ4n) is 2.11. The average molecular weight is 250 g/mol. The first-order valence-electron chi connectivity index (χ1n) is 6.15. The lowest BCUT2D eigenvalue weighted by Gasteiger charge is -2.09. The Morgan fingerprint density at radius 2 is 1.74 bits per heavy atom. The van der Waals surface area contributed by atoms with Crippen LogP contribution in [0.3, 0.4) is 0 Å². The van der Waals surface area contributed by atoms with Gasteiger partial charge in [-0.05, 0) is 48.9 Å². The smallest absolute Gasteiger partial charge is 0.131 e. The van der Waals surface area contributed by atoms with Crippen molar-refractivity contribution in [2.45, 2.75) is 6.92 Å². The van der Waals surface area contributed by atoms with E-state index >= 15 is 0 Å². The number of aromatic hydroxyl groups is 1. The van der Waals surface area contributed by atoms with Gasteiger partial charge in [-0.1, -0.05) is 18.2 Å². The number of phenols is 1. The molecule has 3 aromatic rings. The molecule has 94 valence electrons. The van der Waals surface area contributed by atoms with Crippen molar-refractivity contribution < 1.29 is 5.11 Å². The molecule has 1 aromatic heterocycles. The van der Waals surface area contributed by atoms with Gasteiger partial charge in [0.2, 0.25) is 0 Å². The van der Waals surface area contributed by atoms with Crippen molar-refractivity contribution >= 4 is 22.4 Å². The monoisotopic (exact) mass is 250 g/mol. The topological polar surface area (TPSA) is 45.1 Å². The number of rotatable bonds is 2. The highest BCUT2D eigenvalue weighted by Gasteiger charge is 2.02. The predicted octanol–water partition coefficient (Wildman–Crippen LogP) is 3.99. The van der Waals surface area contributed by atoms with Crippen LogP contribution >= 0.6 is 0 Å². The van der Waals surface area contributed by atoms with E-state index in [4.69, 9.17) is 0 Å². The van der Waals surface area contributed by atoms with Gasteiger partial charge in [0.1, 0.15) is 11.6 Å². The minimum absolute atomic E-state index is 0.258. The number of anilines is 2. The van der Waals surface area contributed by atoms with Gasteiger partial charge in [-0.2, -0.15) is 0 Å².